The highest BCUT2D eigenvalue weighted by Gasteiger charge is 2.20. The standard InChI is InChI=1S/C12H23NO2/c1-3-11-7-5-6-9-13(11)10-8-12(14)15-4-2/h11H,3-10H2,1-2H3. The first-order valence-corrected chi connectivity index (χ1v) is 6.17. The van der Waals surface area contributed by atoms with Gasteiger partial charge in [0.1, 0.15) is 0 Å². The minimum absolute atomic E-state index is 0.0575. The zero-order valence-electron chi connectivity index (χ0n) is 10.00. The molecule has 15 heavy (non-hydrogen) atoms. The molecule has 1 rings (SSSR count). The summed E-state index contributed by atoms with van der Waals surface area (Å²) < 4.78 is 4.94. The second kappa shape index (κ2) is 6.83. The van der Waals surface area contributed by atoms with Gasteiger partial charge in [0.15, 0.2) is 0 Å². The van der Waals surface area contributed by atoms with Crippen molar-refractivity contribution in [1.29, 1.82) is 0 Å². The maximum atomic E-state index is 11.2. The molecule has 3 nitrogen and oxygen atoms in total. The van der Waals surface area contributed by atoms with Gasteiger partial charge in [-0.3, -0.25) is 9.69 Å². The SMILES string of the molecule is CCOC(=O)CCN1CCCCC1CC. The Balaban J connectivity index is 2.26. The highest BCUT2D eigenvalue weighted by atomic mass is 16.5. The van der Waals surface area contributed by atoms with Crippen LogP contribution >= 0.6 is 0 Å². The third-order valence-electron chi connectivity index (χ3n) is 3.13. The molecule has 1 fully saturated rings. The van der Waals surface area contributed by atoms with Crippen molar-refractivity contribution in [2.45, 2.75) is 52.0 Å². The van der Waals surface area contributed by atoms with E-state index in [4.69, 9.17) is 4.74 Å². The van der Waals surface area contributed by atoms with Gasteiger partial charge in [-0.15, -0.1) is 0 Å². The molecule has 1 saturated heterocycles. The van der Waals surface area contributed by atoms with E-state index in [1.165, 1.54) is 25.7 Å². The maximum absolute atomic E-state index is 11.2. The average Bonchev–Trinajstić information content (AvgIpc) is 2.27. The van der Waals surface area contributed by atoms with Crippen LogP contribution in [0, 0.1) is 0 Å². The summed E-state index contributed by atoms with van der Waals surface area (Å²) in [4.78, 5) is 13.7. The van der Waals surface area contributed by atoms with E-state index in [2.05, 4.69) is 11.8 Å². The number of carbonyl (C=O) groups is 1. The van der Waals surface area contributed by atoms with Gasteiger partial charge in [0.05, 0.1) is 13.0 Å². The lowest BCUT2D eigenvalue weighted by Crippen LogP contribution is -2.40. The quantitative estimate of drug-likeness (QED) is 0.656. The largest absolute Gasteiger partial charge is 0.466 e. The maximum Gasteiger partial charge on any atom is 0.307 e. The van der Waals surface area contributed by atoms with Crippen molar-refractivity contribution < 1.29 is 9.53 Å². The Hall–Kier alpha value is -0.570. The van der Waals surface area contributed by atoms with E-state index >= 15 is 0 Å². The van der Waals surface area contributed by atoms with Gasteiger partial charge >= 0.3 is 5.97 Å². The number of esters is 1. The summed E-state index contributed by atoms with van der Waals surface area (Å²) in [6.07, 6.45) is 5.65. The smallest absolute Gasteiger partial charge is 0.307 e. The van der Waals surface area contributed by atoms with Crippen LogP contribution in [-0.4, -0.2) is 36.6 Å². The van der Waals surface area contributed by atoms with Gasteiger partial charge in [0, 0.05) is 12.6 Å². The van der Waals surface area contributed by atoms with E-state index in [9.17, 15) is 4.79 Å². The fraction of sp³-hybridized carbons (Fsp3) is 0.917. The first-order chi connectivity index (χ1) is 7.27. The molecule has 0 aromatic heterocycles. The third-order valence-corrected chi connectivity index (χ3v) is 3.13. The van der Waals surface area contributed by atoms with Crippen LogP contribution in [0.3, 0.4) is 0 Å². The molecule has 0 aromatic carbocycles. The zero-order valence-corrected chi connectivity index (χ0v) is 10.00. The second-order valence-electron chi connectivity index (χ2n) is 4.15. The molecular weight excluding hydrogens is 190 g/mol. The lowest BCUT2D eigenvalue weighted by atomic mass is 10.00. The zero-order chi connectivity index (χ0) is 11.1. The van der Waals surface area contributed by atoms with Crippen molar-refractivity contribution >= 4 is 5.97 Å². The van der Waals surface area contributed by atoms with Gasteiger partial charge in [-0.05, 0) is 32.7 Å². The summed E-state index contributed by atoms with van der Waals surface area (Å²) in [5.74, 6) is -0.0575. The van der Waals surface area contributed by atoms with E-state index in [0.29, 0.717) is 19.1 Å². The first kappa shape index (κ1) is 12.5. The summed E-state index contributed by atoms with van der Waals surface area (Å²) >= 11 is 0. The summed E-state index contributed by atoms with van der Waals surface area (Å²) in [7, 11) is 0. The lowest BCUT2D eigenvalue weighted by molar-refractivity contribution is -0.143. The minimum Gasteiger partial charge on any atom is -0.466 e. The number of rotatable bonds is 5. The highest BCUT2D eigenvalue weighted by molar-refractivity contribution is 5.69. The van der Waals surface area contributed by atoms with E-state index in [1.807, 2.05) is 6.92 Å². The second-order valence-corrected chi connectivity index (χ2v) is 4.15. The van der Waals surface area contributed by atoms with Crippen molar-refractivity contribution in [3.8, 4) is 0 Å². The predicted molar refractivity (Wildman–Crippen MR) is 60.8 cm³/mol. The molecule has 1 aliphatic rings. The number of hydrogen-bond acceptors (Lipinski definition) is 3. The molecule has 0 aromatic rings. The van der Waals surface area contributed by atoms with Gasteiger partial charge in [-0.2, -0.15) is 0 Å². The van der Waals surface area contributed by atoms with Gasteiger partial charge < -0.3 is 4.74 Å². The summed E-state index contributed by atoms with van der Waals surface area (Å²) in [5, 5.41) is 0. The van der Waals surface area contributed by atoms with Crippen LogP contribution in [-0.2, 0) is 9.53 Å². The first-order valence-electron chi connectivity index (χ1n) is 6.17. The minimum atomic E-state index is -0.0575. The summed E-state index contributed by atoms with van der Waals surface area (Å²) in [6.45, 7) is 6.60. The number of nitrogens with zero attached hydrogens (tertiary/aromatic N) is 1. The molecule has 88 valence electrons. The van der Waals surface area contributed by atoms with Crippen molar-refractivity contribution in [1.82, 2.24) is 4.90 Å². The monoisotopic (exact) mass is 213 g/mol. The molecular formula is C12H23NO2. The highest BCUT2D eigenvalue weighted by Crippen LogP contribution is 2.19. The van der Waals surface area contributed by atoms with E-state index < -0.39 is 0 Å². The fourth-order valence-corrected chi connectivity index (χ4v) is 2.28. The molecule has 0 saturated carbocycles. The van der Waals surface area contributed by atoms with Crippen LogP contribution in [0.15, 0.2) is 0 Å². The summed E-state index contributed by atoms with van der Waals surface area (Å²) in [6, 6.07) is 0.688. The van der Waals surface area contributed by atoms with Gasteiger partial charge in [0.25, 0.3) is 0 Å². The van der Waals surface area contributed by atoms with Crippen LogP contribution in [0.1, 0.15) is 46.0 Å². The Bertz CT molecular complexity index is 194. The molecule has 0 aliphatic carbocycles. The average molecular weight is 213 g/mol. The van der Waals surface area contributed by atoms with Gasteiger partial charge in [-0.1, -0.05) is 13.3 Å². The van der Waals surface area contributed by atoms with Crippen molar-refractivity contribution in [2.75, 3.05) is 19.7 Å². The fourth-order valence-electron chi connectivity index (χ4n) is 2.28. The van der Waals surface area contributed by atoms with Crippen LogP contribution < -0.4 is 0 Å². The summed E-state index contributed by atoms with van der Waals surface area (Å²) in [5.41, 5.74) is 0. The van der Waals surface area contributed by atoms with Crippen LogP contribution in [0.2, 0.25) is 0 Å². The molecule has 1 atom stereocenters. The third kappa shape index (κ3) is 4.20. The Kier molecular flexibility index (Phi) is 5.69. The van der Waals surface area contributed by atoms with E-state index in [-0.39, 0.29) is 5.97 Å². The van der Waals surface area contributed by atoms with Gasteiger partial charge in [-0.25, -0.2) is 0 Å². The molecule has 0 N–H and O–H groups in total. The number of hydrogen-bond donors (Lipinski definition) is 0. The molecule has 3 heteroatoms. The number of piperidine rings is 1. The topological polar surface area (TPSA) is 29.5 Å². The van der Waals surface area contributed by atoms with Crippen molar-refractivity contribution in [3.05, 3.63) is 0 Å². The molecule has 0 amide bonds. The van der Waals surface area contributed by atoms with Crippen molar-refractivity contribution in [3.63, 3.8) is 0 Å². The molecule has 1 aliphatic heterocycles. The van der Waals surface area contributed by atoms with Crippen LogP contribution in [0.5, 0.6) is 0 Å². The molecule has 0 spiro atoms. The molecule has 0 bridgehead atoms. The van der Waals surface area contributed by atoms with Crippen LogP contribution in [0.25, 0.3) is 0 Å². The lowest BCUT2D eigenvalue weighted by Gasteiger charge is -2.34. The molecule has 0 radical (unpaired) electrons. The van der Waals surface area contributed by atoms with E-state index in [1.54, 1.807) is 0 Å². The van der Waals surface area contributed by atoms with Crippen LogP contribution in [0.4, 0.5) is 0 Å². The predicted octanol–water partition coefficient (Wildman–Crippen LogP) is 2.20. The van der Waals surface area contributed by atoms with Gasteiger partial charge in [0.2, 0.25) is 0 Å². The molecule has 1 unspecified atom stereocenters. The van der Waals surface area contributed by atoms with E-state index in [0.717, 1.165) is 13.1 Å². The number of ether oxygens (including phenoxy) is 1. The Morgan fingerprint density at radius 3 is 2.87 bits per heavy atom. The Morgan fingerprint density at radius 2 is 2.20 bits per heavy atom. The molecule has 1 heterocycles. The number of likely N-dealkylation sites (tertiary alicyclic amines) is 1. The Labute approximate surface area is 92.8 Å². The van der Waals surface area contributed by atoms with Crippen molar-refractivity contribution in [2.24, 2.45) is 0 Å². The normalized spacial score (nSPS) is 22.7. The number of carbonyl (C=O) groups excluding carboxylic acids is 1. The Morgan fingerprint density at radius 1 is 1.40 bits per heavy atom.